The molecule has 1 unspecified atom stereocenters. The molecule has 0 saturated heterocycles. The van der Waals surface area contributed by atoms with Gasteiger partial charge in [0.05, 0.1) is 5.92 Å². The maximum Gasteiger partial charge on any atom is 0.222 e. The highest BCUT2D eigenvalue weighted by Gasteiger charge is 2.07. The summed E-state index contributed by atoms with van der Waals surface area (Å²) in [6.07, 6.45) is 0. The molecule has 1 aromatic rings. The summed E-state index contributed by atoms with van der Waals surface area (Å²) < 4.78 is 0. The molecule has 5 nitrogen and oxygen atoms in total. The molecule has 0 aromatic heterocycles. The predicted octanol–water partition coefficient (Wildman–Crippen LogP) is 1.18. The van der Waals surface area contributed by atoms with Crippen molar-refractivity contribution >= 4 is 23.2 Å². The third-order valence-electron chi connectivity index (χ3n) is 2.30. The van der Waals surface area contributed by atoms with Crippen molar-refractivity contribution in [2.45, 2.75) is 13.8 Å². The number of nitrogens with one attached hydrogen (secondary N) is 2. The highest BCUT2D eigenvalue weighted by Crippen LogP contribution is 2.13. The number of rotatable bonds is 5. The van der Waals surface area contributed by atoms with E-state index in [1.807, 2.05) is 12.1 Å². The minimum atomic E-state index is -0.327. The van der Waals surface area contributed by atoms with Crippen molar-refractivity contribution in [2.24, 2.45) is 11.7 Å². The lowest BCUT2D eigenvalue weighted by Gasteiger charge is -2.10. The Bertz CT molecular complexity index is 401. The van der Waals surface area contributed by atoms with E-state index in [9.17, 15) is 9.59 Å². The lowest BCUT2D eigenvalue weighted by molar-refractivity contribution is -0.121. The van der Waals surface area contributed by atoms with Crippen LogP contribution in [0, 0.1) is 5.92 Å². The summed E-state index contributed by atoms with van der Waals surface area (Å²) in [4.78, 5) is 21.6. The number of nitrogens with two attached hydrogens (primary N) is 1. The van der Waals surface area contributed by atoms with Crippen LogP contribution in [0.5, 0.6) is 0 Å². The molecular formula is C12H17N3O2. The summed E-state index contributed by atoms with van der Waals surface area (Å²) in [5.41, 5.74) is 6.78. The van der Waals surface area contributed by atoms with E-state index in [0.29, 0.717) is 6.54 Å². The molecule has 5 heteroatoms. The Balaban J connectivity index is 2.51. The van der Waals surface area contributed by atoms with Crippen LogP contribution in [0.1, 0.15) is 13.8 Å². The fraction of sp³-hybridized carbons (Fsp3) is 0.333. The smallest absolute Gasteiger partial charge is 0.222 e. The molecule has 4 N–H and O–H groups in total. The highest BCUT2D eigenvalue weighted by atomic mass is 16.1. The van der Waals surface area contributed by atoms with Crippen LogP contribution in [0.3, 0.4) is 0 Å². The fourth-order valence-corrected chi connectivity index (χ4v) is 1.25. The van der Waals surface area contributed by atoms with Gasteiger partial charge < -0.3 is 16.4 Å². The van der Waals surface area contributed by atoms with Gasteiger partial charge in [-0.05, 0) is 24.3 Å². The summed E-state index contributed by atoms with van der Waals surface area (Å²) in [5, 5.41) is 5.77. The molecule has 1 rings (SSSR count). The molecular weight excluding hydrogens is 218 g/mol. The van der Waals surface area contributed by atoms with Gasteiger partial charge in [0.2, 0.25) is 11.8 Å². The Morgan fingerprint density at radius 2 is 1.76 bits per heavy atom. The quantitative estimate of drug-likeness (QED) is 0.716. The average molecular weight is 235 g/mol. The monoisotopic (exact) mass is 235 g/mol. The third-order valence-corrected chi connectivity index (χ3v) is 2.30. The van der Waals surface area contributed by atoms with Gasteiger partial charge in [-0.2, -0.15) is 0 Å². The topological polar surface area (TPSA) is 84.2 Å². The first-order valence-electron chi connectivity index (χ1n) is 5.40. The highest BCUT2D eigenvalue weighted by molar-refractivity contribution is 5.88. The number of hydrogen-bond donors (Lipinski definition) is 3. The van der Waals surface area contributed by atoms with Gasteiger partial charge in [-0.1, -0.05) is 6.92 Å². The Morgan fingerprint density at radius 3 is 2.24 bits per heavy atom. The van der Waals surface area contributed by atoms with Crippen LogP contribution >= 0.6 is 0 Å². The summed E-state index contributed by atoms with van der Waals surface area (Å²) in [6, 6.07) is 7.25. The lowest BCUT2D eigenvalue weighted by Crippen LogP contribution is -2.26. The fourth-order valence-electron chi connectivity index (χ4n) is 1.25. The first-order chi connectivity index (χ1) is 7.99. The van der Waals surface area contributed by atoms with Crippen LogP contribution in [0.2, 0.25) is 0 Å². The van der Waals surface area contributed by atoms with Gasteiger partial charge in [0.15, 0.2) is 0 Å². The lowest BCUT2D eigenvalue weighted by atomic mass is 10.1. The zero-order valence-corrected chi connectivity index (χ0v) is 9.99. The van der Waals surface area contributed by atoms with Gasteiger partial charge in [0, 0.05) is 24.8 Å². The van der Waals surface area contributed by atoms with E-state index >= 15 is 0 Å². The molecule has 1 atom stereocenters. The van der Waals surface area contributed by atoms with Crippen molar-refractivity contribution in [2.75, 3.05) is 17.2 Å². The number of hydrogen-bond acceptors (Lipinski definition) is 3. The second-order valence-electron chi connectivity index (χ2n) is 3.94. The minimum absolute atomic E-state index is 0.104. The van der Waals surface area contributed by atoms with E-state index in [4.69, 9.17) is 5.73 Å². The predicted molar refractivity (Wildman–Crippen MR) is 67.6 cm³/mol. The van der Waals surface area contributed by atoms with E-state index < -0.39 is 0 Å². The van der Waals surface area contributed by atoms with Gasteiger partial charge in [-0.3, -0.25) is 9.59 Å². The van der Waals surface area contributed by atoms with Crippen LogP contribution in [0.25, 0.3) is 0 Å². The molecule has 0 aliphatic carbocycles. The van der Waals surface area contributed by atoms with Crippen LogP contribution in [0.4, 0.5) is 11.4 Å². The van der Waals surface area contributed by atoms with E-state index in [0.717, 1.165) is 11.4 Å². The first-order valence-corrected chi connectivity index (χ1v) is 5.40. The Kier molecular flexibility index (Phi) is 4.51. The third kappa shape index (κ3) is 4.55. The molecule has 0 heterocycles. The maximum absolute atomic E-state index is 10.8. The Hall–Kier alpha value is -2.04. The molecule has 17 heavy (non-hydrogen) atoms. The van der Waals surface area contributed by atoms with Crippen molar-refractivity contribution in [1.82, 2.24) is 0 Å². The van der Waals surface area contributed by atoms with E-state index in [2.05, 4.69) is 10.6 Å². The number of benzene rings is 1. The number of carbonyl (C=O) groups excluding carboxylic acids is 2. The Morgan fingerprint density at radius 1 is 1.24 bits per heavy atom. The van der Waals surface area contributed by atoms with E-state index in [1.54, 1.807) is 19.1 Å². The van der Waals surface area contributed by atoms with E-state index in [1.165, 1.54) is 6.92 Å². The normalized spacial score (nSPS) is 11.6. The molecule has 0 aliphatic heterocycles. The molecule has 0 spiro atoms. The molecule has 1 aromatic carbocycles. The van der Waals surface area contributed by atoms with Crippen LogP contribution < -0.4 is 16.4 Å². The van der Waals surface area contributed by atoms with Crippen LogP contribution in [-0.4, -0.2) is 18.4 Å². The van der Waals surface area contributed by atoms with Gasteiger partial charge in [-0.25, -0.2) is 0 Å². The van der Waals surface area contributed by atoms with Crippen molar-refractivity contribution < 1.29 is 9.59 Å². The molecule has 0 radical (unpaired) electrons. The summed E-state index contributed by atoms with van der Waals surface area (Å²) in [7, 11) is 0. The number of anilines is 2. The average Bonchev–Trinajstić information content (AvgIpc) is 2.26. The van der Waals surface area contributed by atoms with Gasteiger partial charge in [0.1, 0.15) is 0 Å². The summed E-state index contributed by atoms with van der Waals surface area (Å²) in [5.74, 6) is -0.648. The molecule has 0 aliphatic rings. The second kappa shape index (κ2) is 5.89. The van der Waals surface area contributed by atoms with Gasteiger partial charge >= 0.3 is 0 Å². The number of amides is 2. The number of primary amides is 1. The van der Waals surface area contributed by atoms with Crippen LogP contribution in [0.15, 0.2) is 24.3 Å². The zero-order chi connectivity index (χ0) is 12.8. The largest absolute Gasteiger partial charge is 0.384 e. The second-order valence-corrected chi connectivity index (χ2v) is 3.94. The molecule has 0 saturated carbocycles. The molecule has 92 valence electrons. The minimum Gasteiger partial charge on any atom is -0.384 e. The standard InChI is InChI=1S/C12H17N3O2/c1-8(12(13)17)7-14-10-3-5-11(6-4-10)15-9(2)16/h3-6,8,14H,7H2,1-2H3,(H2,13,17)(H,15,16). The van der Waals surface area contributed by atoms with Gasteiger partial charge in [0.25, 0.3) is 0 Å². The van der Waals surface area contributed by atoms with Crippen LogP contribution in [-0.2, 0) is 9.59 Å². The maximum atomic E-state index is 10.8. The van der Waals surface area contributed by atoms with Crippen molar-refractivity contribution in [3.63, 3.8) is 0 Å². The Labute approximate surface area is 100 Å². The summed E-state index contributed by atoms with van der Waals surface area (Å²) >= 11 is 0. The zero-order valence-electron chi connectivity index (χ0n) is 9.99. The van der Waals surface area contributed by atoms with Crippen molar-refractivity contribution in [1.29, 1.82) is 0 Å². The molecule has 0 fully saturated rings. The summed E-state index contributed by atoms with van der Waals surface area (Å²) in [6.45, 7) is 3.72. The SMILES string of the molecule is CC(=O)Nc1ccc(NCC(C)C(N)=O)cc1. The van der Waals surface area contributed by atoms with Crippen molar-refractivity contribution in [3.8, 4) is 0 Å². The van der Waals surface area contributed by atoms with Gasteiger partial charge in [-0.15, -0.1) is 0 Å². The van der Waals surface area contributed by atoms with E-state index in [-0.39, 0.29) is 17.7 Å². The molecule has 2 amide bonds. The van der Waals surface area contributed by atoms with Crippen molar-refractivity contribution in [3.05, 3.63) is 24.3 Å². The first kappa shape index (κ1) is 13.0. The number of carbonyl (C=O) groups is 2. The molecule has 0 bridgehead atoms.